The lowest BCUT2D eigenvalue weighted by molar-refractivity contribution is -0.438. The molecule has 2 aliphatic heterocycles. The first-order valence-corrected chi connectivity index (χ1v) is 27.8. The molecule has 2 aromatic rings. The predicted molar refractivity (Wildman–Crippen MR) is 261 cm³/mol. The van der Waals surface area contributed by atoms with Crippen LogP contribution in [0.2, 0.25) is 0 Å². The monoisotopic (exact) mass is 1060 g/mol. The van der Waals surface area contributed by atoms with Crippen LogP contribution in [0.5, 0.6) is 0 Å². The van der Waals surface area contributed by atoms with Gasteiger partial charge >= 0.3 is 5.97 Å². The molecule has 2 aliphatic rings. The number of carboxylic acid groups (broad SMARTS) is 1. The Morgan fingerprint density at radius 1 is 0.676 bits per heavy atom. The number of carbonyl (C=O) groups is 1. The number of allylic oxidation sites excluding steroid dienone is 6. The first-order chi connectivity index (χ1) is 33.7. The van der Waals surface area contributed by atoms with E-state index in [0.717, 1.165) is 5.70 Å². The zero-order valence-corrected chi connectivity index (χ0v) is 43.4. The number of fused-ring (bicyclic) bond motifs is 2. The number of rotatable bonds is 36. The van der Waals surface area contributed by atoms with Crippen LogP contribution in [-0.4, -0.2) is 173 Å². The maximum Gasteiger partial charge on any atom is 0.303 e. The summed E-state index contributed by atoms with van der Waals surface area (Å²) in [5.41, 5.74) is 1.92. The summed E-state index contributed by atoms with van der Waals surface area (Å²) < 4.78 is 147. The van der Waals surface area contributed by atoms with Crippen molar-refractivity contribution >= 4 is 53.4 Å². The van der Waals surface area contributed by atoms with Crippen LogP contribution in [0.1, 0.15) is 69.9 Å². The summed E-state index contributed by atoms with van der Waals surface area (Å²) in [6.45, 7) is 9.20. The Labute approximate surface area is 418 Å². The SMILES string of the molecule is COCCOCCOCCOCCOCCOCCC1(C)C(=CC=CC=CC2=[N+](CCCCCC(=O)O)c3ccc(S(=O)(=O)[O-])cc3C2(C)CCCS(=O)(=O)[O-])N(CCOC)c2ccc(S(=O)(=O)O)cc21. The van der Waals surface area contributed by atoms with Crippen molar-refractivity contribution in [3.8, 4) is 0 Å². The van der Waals surface area contributed by atoms with Gasteiger partial charge in [-0.25, -0.2) is 16.8 Å². The number of unbranched alkanes of at least 4 members (excludes halogenated alkanes) is 2. The average molecular weight is 1060 g/mol. The van der Waals surface area contributed by atoms with Crippen molar-refractivity contribution in [1.29, 1.82) is 0 Å². The minimum Gasteiger partial charge on any atom is -0.748 e. The highest BCUT2D eigenvalue weighted by Gasteiger charge is 2.48. The van der Waals surface area contributed by atoms with Gasteiger partial charge in [0.15, 0.2) is 5.71 Å². The van der Waals surface area contributed by atoms with Crippen LogP contribution in [0.4, 0.5) is 11.4 Å². The van der Waals surface area contributed by atoms with Crippen LogP contribution in [0.3, 0.4) is 0 Å². The van der Waals surface area contributed by atoms with Crippen LogP contribution in [-0.2, 0) is 79.1 Å². The van der Waals surface area contributed by atoms with Gasteiger partial charge in [-0.1, -0.05) is 18.2 Å². The second-order valence-corrected chi connectivity index (χ2v) is 21.6. The molecule has 2 aromatic carbocycles. The topological polar surface area (TPSA) is 277 Å². The highest BCUT2D eigenvalue weighted by atomic mass is 32.2. The lowest BCUT2D eigenvalue weighted by Crippen LogP contribution is -2.32. The molecule has 0 spiro atoms. The molecule has 71 heavy (non-hydrogen) atoms. The molecule has 2 unspecified atom stereocenters. The molecule has 0 amide bonds. The second-order valence-electron chi connectivity index (χ2n) is 17.3. The van der Waals surface area contributed by atoms with Crippen molar-refractivity contribution in [2.24, 2.45) is 0 Å². The van der Waals surface area contributed by atoms with Crippen molar-refractivity contribution in [1.82, 2.24) is 0 Å². The van der Waals surface area contributed by atoms with E-state index >= 15 is 0 Å². The van der Waals surface area contributed by atoms with E-state index in [0.29, 0.717) is 133 Å². The summed E-state index contributed by atoms with van der Waals surface area (Å²) in [5.74, 6) is -1.59. The Morgan fingerprint density at radius 2 is 1.25 bits per heavy atom. The van der Waals surface area contributed by atoms with Gasteiger partial charge in [-0.05, 0) is 87.9 Å². The van der Waals surface area contributed by atoms with Gasteiger partial charge in [0.2, 0.25) is 5.69 Å². The molecule has 0 aromatic heterocycles. The molecule has 0 radical (unpaired) electrons. The number of ether oxygens (including phenoxy) is 7. The summed E-state index contributed by atoms with van der Waals surface area (Å²) >= 11 is 0. The van der Waals surface area contributed by atoms with Gasteiger partial charge in [0.05, 0.1) is 98.0 Å². The average Bonchev–Trinajstić information content (AvgIpc) is 3.67. The van der Waals surface area contributed by atoms with Crippen LogP contribution < -0.4 is 4.90 Å². The number of aliphatic carboxylic acids is 1. The molecule has 4 rings (SSSR count). The van der Waals surface area contributed by atoms with E-state index in [1.807, 2.05) is 22.5 Å². The van der Waals surface area contributed by atoms with Crippen LogP contribution in [0.25, 0.3) is 0 Å². The molecule has 2 atom stereocenters. The summed E-state index contributed by atoms with van der Waals surface area (Å²) in [6, 6.07) is 8.48. The largest absolute Gasteiger partial charge is 0.748 e. The van der Waals surface area contributed by atoms with Crippen molar-refractivity contribution in [2.75, 3.05) is 117 Å². The summed E-state index contributed by atoms with van der Waals surface area (Å²) in [5, 5.41) is 9.17. The molecule has 0 bridgehead atoms. The number of nitrogens with zero attached hydrogens (tertiary/aromatic N) is 2. The Hall–Kier alpha value is -3.95. The van der Waals surface area contributed by atoms with E-state index in [4.69, 9.17) is 33.2 Å². The molecular weight excluding hydrogens is 989 g/mol. The molecule has 0 saturated carbocycles. The van der Waals surface area contributed by atoms with Gasteiger partial charge in [0.1, 0.15) is 16.7 Å². The molecule has 398 valence electrons. The van der Waals surface area contributed by atoms with Gasteiger partial charge < -0.3 is 52.3 Å². The number of hydrogen-bond donors (Lipinski definition) is 2. The van der Waals surface area contributed by atoms with Gasteiger partial charge in [-0.2, -0.15) is 13.0 Å². The maximum atomic E-state index is 12.4. The smallest absolute Gasteiger partial charge is 0.303 e. The third-order valence-electron chi connectivity index (χ3n) is 12.3. The van der Waals surface area contributed by atoms with E-state index in [2.05, 4.69) is 0 Å². The Kier molecular flexibility index (Phi) is 23.9. The van der Waals surface area contributed by atoms with Crippen molar-refractivity contribution < 1.29 is 86.5 Å². The molecule has 20 nitrogen and oxygen atoms in total. The summed E-state index contributed by atoms with van der Waals surface area (Å²) in [7, 11) is -10.9. The number of methoxy groups -OCH3 is 2. The van der Waals surface area contributed by atoms with Crippen LogP contribution in [0.15, 0.2) is 82.3 Å². The Balaban J connectivity index is 1.58. The second kappa shape index (κ2) is 28.5. The van der Waals surface area contributed by atoms with Crippen LogP contribution >= 0.6 is 0 Å². The highest BCUT2D eigenvalue weighted by molar-refractivity contribution is 7.86. The van der Waals surface area contributed by atoms with Crippen molar-refractivity contribution in [3.05, 3.63) is 83.6 Å². The first-order valence-electron chi connectivity index (χ1n) is 23.4. The number of benzene rings is 2. The standard InChI is InChI=1S/C48H70N2O18S3/c1-47(19-11-35-69(53,54)55)40-36-38(70(56,57)58)15-17-42(40)49(21-10-6-9-14-46(51)52)44(47)12-7-5-8-13-45-48(2,41-37-39(71(59,60)61)16-18-43(41)50(45)22-24-62-3)20-23-64-27-28-66-31-32-68-34-33-67-30-29-65-26-25-63-4/h5,7-8,12-13,15-18,36-37H,6,9-11,14,19-35H2,1-4H3,(H3-,51,52,53,54,55,56,57,58,59,60,61)/p-1. The third-order valence-corrected chi connectivity index (χ3v) is 14.7. The van der Waals surface area contributed by atoms with Gasteiger partial charge in [-0.15, -0.1) is 0 Å². The fourth-order valence-corrected chi connectivity index (χ4v) is 10.2. The molecule has 0 aliphatic carbocycles. The quantitative estimate of drug-likeness (QED) is 0.0405. The van der Waals surface area contributed by atoms with Gasteiger partial charge in [-0.3, -0.25) is 9.35 Å². The molecule has 2 N–H and O–H groups in total. The molecule has 0 fully saturated rings. The predicted octanol–water partition coefficient (Wildman–Crippen LogP) is 4.70. The van der Waals surface area contributed by atoms with Gasteiger partial charge in [0, 0.05) is 80.5 Å². The summed E-state index contributed by atoms with van der Waals surface area (Å²) in [6.07, 6.45) is 10.9. The van der Waals surface area contributed by atoms with E-state index in [1.165, 1.54) is 30.3 Å². The van der Waals surface area contributed by atoms with E-state index < -0.39 is 57.8 Å². The van der Waals surface area contributed by atoms with E-state index in [1.54, 1.807) is 51.5 Å². The number of carboxylic acids is 1. The molecule has 23 heteroatoms. The number of hydrogen-bond acceptors (Lipinski definition) is 17. The Morgan fingerprint density at radius 3 is 1.82 bits per heavy atom. The Bertz CT molecular complexity index is 2530. The highest BCUT2D eigenvalue weighted by Crippen LogP contribution is 2.51. The third kappa shape index (κ3) is 18.2. The van der Waals surface area contributed by atoms with Gasteiger partial charge in [0.25, 0.3) is 10.1 Å². The number of anilines is 1. The summed E-state index contributed by atoms with van der Waals surface area (Å²) in [4.78, 5) is 12.5. The fraction of sp³-hybridized carbons (Fsp3) is 0.583. The lowest BCUT2D eigenvalue weighted by Gasteiger charge is -2.30. The zero-order valence-electron chi connectivity index (χ0n) is 41.0. The van der Waals surface area contributed by atoms with Crippen molar-refractivity contribution in [2.45, 2.75) is 79.4 Å². The minimum absolute atomic E-state index is 0.0153. The van der Waals surface area contributed by atoms with Crippen molar-refractivity contribution in [3.63, 3.8) is 0 Å². The maximum absolute atomic E-state index is 12.4. The lowest BCUT2D eigenvalue weighted by atomic mass is 9.76. The first kappa shape index (κ1) is 59.6. The normalized spacial score (nSPS) is 19.0. The fourth-order valence-electron chi connectivity index (χ4n) is 8.65. The van der Waals surface area contributed by atoms with E-state index in [-0.39, 0.29) is 37.4 Å². The molecular formula is C48H69N2O18S3-. The van der Waals surface area contributed by atoms with E-state index in [9.17, 15) is 48.8 Å². The molecule has 2 heterocycles. The molecule has 0 saturated heterocycles. The zero-order chi connectivity index (χ0) is 52.1. The van der Waals surface area contributed by atoms with Crippen LogP contribution in [0, 0.1) is 0 Å². The minimum atomic E-state index is -4.88.